The van der Waals surface area contributed by atoms with Crippen LogP contribution in [0.25, 0.3) is 0 Å². The van der Waals surface area contributed by atoms with Crippen LogP contribution >= 0.6 is 0 Å². The number of anilines is 1. The number of hydrogen-bond acceptors (Lipinski definition) is 4. The molecule has 0 radical (unpaired) electrons. The number of methoxy groups -OCH3 is 1. The minimum Gasteiger partial charge on any atom is -0.495 e. The maximum atomic E-state index is 5.76. The Morgan fingerprint density at radius 2 is 2.18 bits per heavy atom. The zero-order valence-electron chi connectivity index (χ0n) is 9.72. The summed E-state index contributed by atoms with van der Waals surface area (Å²) < 4.78 is 10.3. The molecule has 0 fully saturated rings. The molecule has 2 aromatic rings. The molecule has 2 rings (SSSR count). The van der Waals surface area contributed by atoms with Gasteiger partial charge in [-0.3, -0.25) is 0 Å². The van der Waals surface area contributed by atoms with E-state index in [1.165, 1.54) is 0 Å². The van der Waals surface area contributed by atoms with E-state index in [1.54, 1.807) is 19.6 Å². The fourth-order valence-corrected chi connectivity index (χ4v) is 1.70. The molecule has 0 spiro atoms. The number of para-hydroxylation sites is 2. The van der Waals surface area contributed by atoms with Crippen molar-refractivity contribution in [3.05, 3.63) is 48.4 Å². The molecule has 0 aliphatic carbocycles. The molecule has 17 heavy (non-hydrogen) atoms. The zero-order valence-corrected chi connectivity index (χ0v) is 9.72. The molecule has 1 heterocycles. The van der Waals surface area contributed by atoms with Gasteiger partial charge in [-0.25, -0.2) is 0 Å². The summed E-state index contributed by atoms with van der Waals surface area (Å²) in [7, 11) is 1.65. The highest BCUT2D eigenvalue weighted by molar-refractivity contribution is 5.57. The minimum atomic E-state index is 0.0186. The van der Waals surface area contributed by atoms with Crippen LogP contribution in [0.2, 0.25) is 0 Å². The Morgan fingerprint density at radius 3 is 2.82 bits per heavy atom. The molecule has 0 amide bonds. The van der Waals surface area contributed by atoms with Gasteiger partial charge in [0.15, 0.2) is 0 Å². The van der Waals surface area contributed by atoms with Gasteiger partial charge in [-0.1, -0.05) is 12.1 Å². The molecule has 1 unspecified atom stereocenters. The van der Waals surface area contributed by atoms with Crippen molar-refractivity contribution >= 4 is 5.69 Å². The molecule has 4 heteroatoms. The first-order valence-electron chi connectivity index (χ1n) is 5.47. The maximum Gasteiger partial charge on any atom is 0.141 e. The fraction of sp³-hybridized carbons (Fsp3) is 0.231. The average Bonchev–Trinajstić information content (AvgIpc) is 2.90. The Labute approximate surface area is 100 Å². The normalized spacial score (nSPS) is 12.1. The second kappa shape index (κ2) is 5.41. The Bertz CT molecular complexity index is 454. The van der Waals surface area contributed by atoms with Crippen LogP contribution in [0.4, 0.5) is 5.69 Å². The summed E-state index contributed by atoms with van der Waals surface area (Å²) in [6.07, 6.45) is 3.34. The highest BCUT2D eigenvalue weighted by Gasteiger charge is 2.12. The van der Waals surface area contributed by atoms with Gasteiger partial charge in [0.1, 0.15) is 5.75 Å². The molecule has 1 aromatic heterocycles. The van der Waals surface area contributed by atoms with E-state index in [1.807, 2.05) is 30.3 Å². The summed E-state index contributed by atoms with van der Waals surface area (Å²) in [5.41, 5.74) is 7.71. The lowest BCUT2D eigenvalue weighted by Crippen LogP contribution is -2.20. The van der Waals surface area contributed by atoms with E-state index < -0.39 is 0 Å². The van der Waals surface area contributed by atoms with Crippen LogP contribution in [-0.2, 0) is 0 Å². The fourth-order valence-electron chi connectivity index (χ4n) is 1.70. The second-order valence-corrected chi connectivity index (χ2v) is 3.69. The largest absolute Gasteiger partial charge is 0.495 e. The first kappa shape index (κ1) is 11.5. The van der Waals surface area contributed by atoms with Crippen LogP contribution in [-0.4, -0.2) is 13.7 Å². The van der Waals surface area contributed by atoms with Crippen molar-refractivity contribution in [2.24, 2.45) is 5.73 Å². The molecule has 4 nitrogen and oxygen atoms in total. The summed E-state index contributed by atoms with van der Waals surface area (Å²) in [5.74, 6) is 0.800. The predicted octanol–water partition coefficient (Wildman–Crippen LogP) is 2.40. The Morgan fingerprint density at radius 1 is 1.35 bits per heavy atom. The number of ether oxygens (including phenoxy) is 1. The third kappa shape index (κ3) is 2.60. The molecule has 0 aliphatic heterocycles. The van der Waals surface area contributed by atoms with E-state index in [0.717, 1.165) is 17.0 Å². The van der Waals surface area contributed by atoms with E-state index in [-0.39, 0.29) is 6.04 Å². The van der Waals surface area contributed by atoms with Crippen molar-refractivity contribution in [2.75, 3.05) is 19.0 Å². The highest BCUT2D eigenvalue weighted by atomic mass is 16.5. The quantitative estimate of drug-likeness (QED) is 0.831. The van der Waals surface area contributed by atoms with Crippen LogP contribution in [0.15, 0.2) is 47.3 Å². The SMILES string of the molecule is COc1ccccc1NC(CN)c1ccoc1. The summed E-state index contributed by atoms with van der Waals surface area (Å²) in [5, 5.41) is 3.34. The van der Waals surface area contributed by atoms with Crippen molar-refractivity contribution in [3.8, 4) is 5.75 Å². The van der Waals surface area contributed by atoms with Crippen molar-refractivity contribution in [1.82, 2.24) is 0 Å². The topological polar surface area (TPSA) is 60.4 Å². The van der Waals surface area contributed by atoms with E-state index in [0.29, 0.717) is 6.54 Å². The van der Waals surface area contributed by atoms with Crippen LogP contribution in [0.5, 0.6) is 5.75 Å². The number of furan rings is 1. The van der Waals surface area contributed by atoms with Crippen LogP contribution in [0, 0.1) is 0 Å². The molecule has 3 N–H and O–H groups in total. The number of hydrogen-bond donors (Lipinski definition) is 2. The van der Waals surface area contributed by atoms with E-state index in [4.69, 9.17) is 14.9 Å². The molecule has 0 aliphatic rings. The molecule has 1 atom stereocenters. The lowest BCUT2D eigenvalue weighted by atomic mass is 10.1. The first-order valence-corrected chi connectivity index (χ1v) is 5.47. The maximum absolute atomic E-state index is 5.76. The third-order valence-corrected chi connectivity index (χ3v) is 2.62. The minimum absolute atomic E-state index is 0.0186. The van der Waals surface area contributed by atoms with Gasteiger partial charge >= 0.3 is 0 Å². The molecule has 0 saturated carbocycles. The summed E-state index contributed by atoms with van der Waals surface area (Å²) >= 11 is 0. The monoisotopic (exact) mass is 232 g/mol. The molecular formula is C13H16N2O2. The van der Waals surface area contributed by atoms with Gasteiger partial charge in [0.05, 0.1) is 31.4 Å². The van der Waals surface area contributed by atoms with Gasteiger partial charge in [-0.2, -0.15) is 0 Å². The predicted molar refractivity (Wildman–Crippen MR) is 67.1 cm³/mol. The third-order valence-electron chi connectivity index (χ3n) is 2.62. The van der Waals surface area contributed by atoms with Gasteiger partial charge in [0, 0.05) is 12.1 Å². The highest BCUT2D eigenvalue weighted by Crippen LogP contribution is 2.27. The van der Waals surface area contributed by atoms with Gasteiger partial charge in [-0.15, -0.1) is 0 Å². The second-order valence-electron chi connectivity index (χ2n) is 3.69. The molecule has 1 aromatic carbocycles. The van der Waals surface area contributed by atoms with Crippen molar-refractivity contribution in [2.45, 2.75) is 6.04 Å². The van der Waals surface area contributed by atoms with Crippen molar-refractivity contribution < 1.29 is 9.15 Å². The van der Waals surface area contributed by atoms with Gasteiger partial charge in [-0.05, 0) is 18.2 Å². The lowest BCUT2D eigenvalue weighted by molar-refractivity contribution is 0.416. The summed E-state index contributed by atoms with van der Waals surface area (Å²) in [6, 6.07) is 9.67. The first-order chi connectivity index (χ1) is 8.35. The lowest BCUT2D eigenvalue weighted by Gasteiger charge is -2.18. The van der Waals surface area contributed by atoms with Crippen LogP contribution in [0.3, 0.4) is 0 Å². The smallest absolute Gasteiger partial charge is 0.141 e. The van der Waals surface area contributed by atoms with E-state index in [9.17, 15) is 0 Å². The van der Waals surface area contributed by atoms with Crippen molar-refractivity contribution in [3.63, 3.8) is 0 Å². The van der Waals surface area contributed by atoms with Crippen LogP contribution in [0.1, 0.15) is 11.6 Å². The average molecular weight is 232 g/mol. The summed E-state index contributed by atoms with van der Waals surface area (Å²) in [6.45, 7) is 0.484. The number of benzene rings is 1. The number of rotatable bonds is 5. The number of nitrogens with two attached hydrogens (primary N) is 1. The van der Waals surface area contributed by atoms with Gasteiger partial charge < -0.3 is 20.2 Å². The molecule has 0 saturated heterocycles. The summed E-state index contributed by atoms with van der Waals surface area (Å²) in [4.78, 5) is 0. The van der Waals surface area contributed by atoms with Crippen molar-refractivity contribution in [1.29, 1.82) is 0 Å². The van der Waals surface area contributed by atoms with Gasteiger partial charge in [0.25, 0.3) is 0 Å². The standard InChI is InChI=1S/C13H16N2O2/c1-16-13-5-3-2-4-11(13)15-12(8-14)10-6-7-17-9-10/h2-7,9,12,15H,8,14H2,1H3. The van der Waals surface area contributed by atoms with Crippen LogP contribution < -0.4 is 15.8 Å². The molecular weight excluding hydrogens is 216 g/mol. The molecule has 90 valence electrons. The zero-order chi connectivity index (χ0) is 12.1. The molecule has 0 bridgehead atoms. The van der Waals surface area contributed by atoms with E-state index >= 15 is 0 Å². The van der Waals surface area contributed by atoms with Gasteiger partial charge in [0.2, 0.25) is 0 Å². The number of nitrogens with one attached hydrogen (secondary N) is 1. The Hall–Kier alpha value is -1.94. The van der Waals surface area contributed by atoms with E-state index in [2.05, 4.69) is 5.32 Å². The Balaban J connectivity index is 2.18. The Kier molecular flexibility index (Phi) is 3.67.